The van der Waals surface area contributed by atoms with Gasteiger partial charge in [-0.25, -0.2) is 13.1 Å². The minimum atomic E-state index is -3.49. The summed E-state index contributed by atoms with van der Waals surface area (Å²) in [6.45, 7) is 6.07. The van der Waals surface area contributed by atoms with Gasteiger partial charge in [0.05, 0.1) is 0 Å². The van der Waals surface area contributed by atoms with Gasteiger partial charge in [-0.05, 0) is 33.2 Å². The van der Waals surface area contributed by atoms with Crippen LogP contribution in [-0.4, -0.2) is 21.5 Å². The normalized spacial score (nSPS) is 22.7. The van der Waals surface area contributed by atoms with E-state index in [-0.39, 0.29) is 6.04 Å². The Morgan fingerprint density at radius 1 is 1.32 bits per heavy atom. The second kappa shape index (κ2) is 5.26. The average Bonchev–Trinajstić information content (AvgIpc) is 2.98. The second-order valence-corrected chi connectivity index (χ2v) is 6.84. The zero-order valence-corrected chi connectivity index (χ0v) is 12.7. The van der Waals surface area contributed by atoms with Crippen molar-refractivity contribution in [2.75, 3.05) is 7.05 Å². The first-order chi connectivity index (χ1) is 8.90. The third-order valence-electron chi connectivity index (χ3n) is 3.70. The van der Waals surface area contributed by atoms with Gasteiger partial charge in [0, 0.05) is 18.2 Å². The van der Waals surface area contributed by atoms with Crippen molar-refractivity contribution in [1.82, 2.24) is 10.0 Å². The maximum atomic E-state index is 12.5. The van der Waals surface area contributed by atoms with Crippen LogP contribution in [0.25, 0.3) is 0 Å². The fourth-order valence-corrected chi connectivity index (χ4v) is 4.31. The van der Waals surface area contributed by atoms with Gasteiger partial charge in [0.2, 0.25) is 10.0 Å². The molecule has 0 aromatic carbocycles. The maximum Gasteiger partial charge on any atom is 0.244 e. The Labute approximate surface area is 114 Å². The second-order valence-electron chi connectivity index (χ2n) is 5.18. The molecule has 108 valence electrons. The number of furan rings is 1. The maximum absolute atomic E-state index is 12.5. The molecule has 0 saturated heterocycles. The zero-order valence-electron chi connectivity index (χ0n) is 11.9. The van der Waals surface area contributed by atoms with E-state index < -0.39 is 10.0 Å². The molecule has 2 atom stereocenters. The Kier molecular flexibility index (Phi) is 4.03. The number of nitrogens with one attached hydrogen (secondary N) is 2. The van der Waals surface area contributed by atoms with Crippen LogP contribution < -0.4 is 10.0 Å². The highest BCUT2D eigenvalue weighted by Crippen LogP contribution is 2.35. The fraction of sp³-hybridized carbons (Fsp3) is 0.692. The predicted molar refractivity (Wildman–Crippen MR) is 73.5 cm³/mol. The lowest BCUT2D eigenvalue weighted by atomic mass is 10.2. The van der Waals surface area contributed by atoms with Crippen molar-refractivity contribution in [3.63, 3.8) is 0 Å². The Bertz CT molecular complexity index is 563. The highest BCUT2D eigenvalue weighted by molar-refractivity contribution is 7.89. The number of sulfonamides is 1. The molecule has 1 fully saturated rings. The van der Waals surface area contributed by atoms with E-state index in [0.29, 0.717) is 28.9 Å². The van der Waals surface area contributed by atoms with Crippen LogP contribution >= 0.6 is 0 Å². The third-order valence-corrected chi connectivity index (χ3v) is 5.39. The minimum Gasteiger partial charge on any atom is -0.465 e. The van der Waals surface area contributed by atoms with Crippen molar-refractivity contribution in [2.45, 2.75) is 51.1 Å². The molecule has 0 bridgehead atoms. The van der Waals surface area contributed by atoms with Crippen LogP contribution in [0.3, 0.4) is 0 Å². The molecule has 1 aliphatic rings. The first-order valence-corrected chi connectivity index (χ1v) is 8.14. The van der Waals surface area contributed by atoms with Gasteiger partial charge in [0.1, 0.15) is 16.4 Å². The summed E-state index contributed by atoms with van der Waals surface area (Å²) in [5.74, 6) is 1.61. The monoisotopic (exact) mass is 286 g/mol. The van der Waals surface area contributed by atoms with Crippen molar-refractivity contribution in [3.05, 3.63) is 17.1 Å². The molecule has 1 heterocycles. The lowest BCUT2D eigenvalue weighted by Crippen LogP contribution is -2.28. The molecule has 1 aromatic rings. The Balaban J connectivity index is 2.29. The van der Waals surface area contributed by atoms with Crippen LogP contribution in [-0.2, 0) is 16.6 Å². The van der Waals surface area contributed by atoms with Gasteiger partial charge < -0.3 is 9.73 Å². The molecule has 2 N–H and O–H groups in total. The molecule has 0 spiro atoms. The molecule has 2 rings (SSSR count). The van der Waals surface area contributed by atoms with Gasteiger partial charge in [0.25, 0.3) is 0 Å². The summed E-state index contributed by atoms with van der Waals surface area (Å²) >= 11 is 0. The summed E-state index contributed by atoms with van der Waals surface area (Å²) in [4.78, 5) is 0.307. The largest absolute Gasteiger partial charge is 0.465 e. The molecule has 0 aliphatic heterocycles. The Morgan fingerprint density at radius 2 is 2.00 bits per heavy atom. The topological polar surface area (TPSA) is 71.3 Å². The lowest BCUT2D eigenvalue weighted by Gasteiger charge is -2.08. The van der Waals surface area contributed by atoms with E-state index in [4.69, 9.17) is 4.42 Å². The van der Waals surface area contributed by atoms with Crippen molar-refractivity contribution in [1.29, 1.82) is 0 Å². The molecule has 1 aromatic heterocycles. The quantitative estimate of drug-likeness (QED) is 0.835. The van der Waals surface area contributed by atoms with Crippen molar-refractivity contribution >= 4 is 10.0 Å². The summed E-state index contributed by atoms with van der Waals surface area (Å²) in [5, 5.41) is 2.99. The van der Waals surface area contributed by atoms with Crippen LogP contribution in [0.5, 0.6) is 0 Å². The lowest BCUT2D eigenvalue weighted by molar-refractivity contribution is 0.493. The van der Waals surface area contributed by atoms with Gasteiger partial charge in [-0.1, -0.05) is 13.3 Å². The van der Waals surface area contributed by atoms with Crippen LogP contribution in [0.4, 0.5) is 0 Å². The molecule has 0 radical (unpaired) electrons. The molecular weight excluding hydrogens is 264 g/mol. The summed E-state index contributed by atoms with van der Waals surface area (Å²) in [6, 6.07) is 0.0899. The van der Waals surface area contributed by atoms with Crippen LogP contribution in [0.15, 0.2) is 9.31 Å². The molecule has 19 heavy (non-hydrogen) atoms. The van der Waals surface area contributed by atoms with Gasteiger partial charge in [-0.15, -0.1) is 0 Å². The fourth-order valence-electron chi connectivity index (χ4n) is 2.54. The van der Waals surface area contributed by atoms with E-state index in [0.717, 1.165) is 18.4 Å². The standard InChI is InChI=1S/C13H22N2O3S/c1-5-10-6-12(10)15-19(16,17)13-9(3)18-8(2)11(13)7-14-4/h10,12,14-15H,5-7H2,1-4H3. The van der Waals surface area contributed by atoms with E-state index in [1.54, 1.807) is 20.9 Å². The first kappa shape index (κ1) is 14.6. The molecule has 6 heteroatoms. The summed E-state index contributed by atoms with van der Waals surface area (Å²) < 4.78 is 33.2. The Hall–Kier alpha value is -0.850. The van der Waals surface area contributed by atoms with E-state index >= 15 is 0 Å². The predicted octanol–water partition coefficient (Wildman–Crippen LogP) is 1.69. The number of aryl methyl sites for hydroxylation is 2. The molecule has 5 nitrogen and oxygen atoms in total. The average molecular weight is 286 g/mol. The molecule has 1 aliphatic carbocycles. The van der Waals surface area contributed by atoms with Gasteiger partial charge in [-0.3, -0.25) is 0 Å². The number of rotatable bonds is 6. The van der Waals surface area contributed by atoms with Crippen LogP contribution in [0, 0.1) is 19.8 Å². The number of hydrogen-bond donors (Lipinski definition) is 2. The molecular formula is C13H22N2O3S. The third kappa shape index (κ3) is 2.85. The molecule has 1 saturated carbocycles. The molecule has 2 unspecified atom stereocenters. The SMILES string of the molecule is CCC1CC1NS(=O)(=O)c1c(C)oc(C)c1CNC. The zero-order chi connectivity index (χ0) is 14.2. The van der Waals surface area contributed by atoms with Crippen LogP contribution in [0.2, 0.25) is 0 Å². The van der Waals surface area contributed by atoms with Crippen LogP contribution in [0.1, 0.15) is 36.8 Å². The molecule has 0 amide bonds. The van der Waals surface area contributed by atoms with E-state index in [1.165, 1.54) is 0 Å². The summed E-state index contributed by atoms with van der Waals surface area (Å²) in [6.07, 6.45) is 1.95. The smallest absolute Gasteiger partial charge is 0.244 e. The highest BCUT2D eigenvalue weighted by Gasteiger charge is 2.40. The van der Waals surface area contributed by atoms with E-state index in [9.17, 15) is 8.42 Å². The summed E-state index contributed by atoms with van der Waals surface area (Å²) in [5.41, 5.74) is 0.723. The van der Waals surface area contributed by atoms with Crippen molar-refractivity contribution in [2.24, 2.45) is 5.92 Å². The van der Waals surface area contributed by atoms with Crippen molar-refractivity contribution in [3.8, 4) is 0 Å². The first-order valence-electron chi connectivity index (χ1n) is 6.66. The summed E-state index contributed by atoms with van der Waals surface area (Å²) in [7, 11) is -1.70. The van der Waals surface area contributed by atoms with Gasteiger partial charge >= 0.3 is 0 Å². The Morgan fingerprint density at radius 3 is 2.53 bits per heavy atom. The van der Waals surface area contributed by atoms with Gasteiger partial charge in [0.15, 0.2) is 0 Å². The van der Waals surface area contributed by atoms with Crippen molar-refractivity contribution < 1.29 is 12.8 Å². The van der Waals surface area contributed by atoms with E-state index in [1.807, 2.05) is 0 Å². The highest BCUT2D eigenvalue weighted by atomic mass is 32.2. The number of hydrogen-bond acceptors (Lipinski definition) is 4. The van der Waals surface area contributed by atoms with Gasteiger partial charge in [-0.2, -0.15) is 0 Å². The van der Waals surface area contributed by atoms with E-state index in [2.05, 4.69) is 17.0 Å². The minimum absolute atomic E-state index is 0.0899.